The molecule has 2 N–H and O–H groups in total. The van der Waals surface area contributed by atoms with Crippen molar-refractivity contribution in [2.24, 2.45) is 0 Å². The fourth-order valence-corrected chi connectivity index (χ4v) is 5.31. The lowest BCUT2D eigenvalue weighted by Gasteiger charge is -2.46. The van der Waals surface area contributed by atoms with Crippen LogP contribution in [0.25, 0.3) is 0 Å². The topological polar surface area (TPSA) is 37.0 Å². The number of thiazole rings is 1. The van der Waals surface area contributed by atoms with Gasteiger partial charge in [0.15, 0.2) is 0 Å². The van der Waals surface area contributed by atoms with E-state index in [-0.39, 0.29) is 5.54 Å². The zero-order valence-electron chi connectivity index (χ0n) is 16.1. The number of nitrogens with one attached hydrogen (secondary N) is 2. The van der Waals surface area contributed by atoms with E-state index < -0.39 is 0 Å². The molecule has 1 saturated carbocycles. The van der Waals surface area contributed by atoms with Gasteiger partial charge in [0, 0.05) is 29.1 Å². The van der Waals surface area contributed by atoms with Gasteiger partial charge >= 0.3 is 0 Å². The van der Waals surface area contributed by atoms with Crippen molar-refractivity contribution in [3.63, 3.8) is 0 Å². The Morgan fingerprint density at radius 1 is 1.31 bits per heavy atom. The van der Waals surface area contributed by atoms with E-state index in [2.05, 4.69) is 54.0 Å². The Morgan fingerprint density at radius 3 is 2.88 bits per heavy atom. The van der Waals surface area contributed by atoms with Gasteiger partial charge in [0.25, 0.3) is 0 Å². The molecular weight excluding hydrogens is 362 g/mol. The highest BCUT2D eigenvalue weighted by atomic mass is 35.5. The van der Waals surface area contributed by atoms with E-state index in [0.29, 0.717) is 6.04 Å². The smallest absolute Gasteiger partial charge is 0.0925 e. The number of halogens is 1. The van der Waals surface area contributed by atoms with E-state index in [0.717, 1.165) is 30.8 Å². The Bertz CT molecular complexity index is 716. The molecule has 1 aromatic carbocycles. The van der Waals surface area contributed by atoms with Crippen molar-refractivity contribution >= 4 is 22.9 Å². The summed E-state index contributed by atoms with van der Waals surface area (Å²) in [7, 11) is 2.09. The molecule has 0 radical (unpaired) electrons. The number of hydrogen-bond donors (Lipinski definition) is 2. The molecule has 26 heavy (non-hydrogen) atoms. The van der Waals surface area contributed by atoms with Gasteiger partial charge in [-0.25, -0.2) is 4.98 Å². The van der Waals surface area contributed by atoms with Crippen molar-refractivity contribution in [2.45, 2.75) is 64.0 Å². The number of nitrogens with zero attached hydrogens (tertiary/aromatic N) is 1. The van der Waals surface area contributed by atoms with Gasteiger partial charge in [-0.3, -0.25) is 0 Å². The van der Waals surface area contributed by atoms with Crippen LogP contribution in [0, 0.1) is 13.8 Å². The molecule has 2 atom stereocenters. The lowest BCUT2D eigenvalue weighted by atomic mass is 9.72. The fourth-order valence-electron chi connectivity index (χ4n) is 4.37. The summed E-state index contributed by atoms with van der Waals surface area (Å²) in [5.74, 6) is 0. The first kappa shape index (κ1) is 19.8. The third kappa shape index (κ3) is 4.14. The van der Waals surface area contributed by atoms with Crippen molar-refractivity contribution in [3.8, 4) is 0 Å². The predicted octanol–water partition coefficient (Wildman–Crippen LogP) is 4.99. The van der Waals surface area contributed by atoms with E-state index in [9.17, 15) is 0 Å². The lowest BCUT2D eigenvalue weighted by molar-refractivity contribution is 0.178. The van der Waals surface area contributed by atoms with Crippen molar-refractivity contribution in [1.82, 2.24) is 15.6 Å². The maximum atomic E-state index is 6.79. The molecule has 2 aromatic rings. The maximum absolute atomic E-state index is 6.79. The minimum absolute atomic E-state index is 0.0900. The molecule has 3 rings (SSSR count). The van der Waals surface area contributed by atoms with Crippen LogP contribution in [-0.2, 0) is 12.0 Å². The SMILES string of the molecule is CNC1(c2cc(C)cc(C)c2Cl)CCCCC1NCCCc1nccs1. The number of aromatic nitrogens is 1. The van der Waals surface area contributed by atoms with Gasteiger partial charge in [0.1, 0.15) is 0 Å². The molecule has 0 aliphatic heterocycles. The van der Waals surface area contributed by atoms with E-state index in [1.165, 1.54) is 41.0 Å². The molecule has 1 fully saturated rings. The monoisotopic (exact) mass is 391 g/mol. The van der Waals surface area contributed by atoms with Crippen molar-refractivity contribution in [2.75, 3.05) is 13.6 Å². The van der Waals surface area contributed by atoms with Crippen LogP contribution in [-0.4, -0.2) is 24.6 Å². The molecule has 1 aromatic heterocycles. The summed E-state index contributed by atoms with van der Waals surface area (Å²) in [6.45, 7) is 5.28. The summed E-state index contributed by atoms with van der Waals surface area (Å²) in [5.41, 5.74) is 3.62. The van der Waals surface area contributed by atoms with Crippen LogP contribution < -0.4 is 10.6 Å². The van der Waals surface area contributed by atoms with E-state index in [4.69, 9.17) is 11.6 Å². The Kier molecular flexibility index (Phi) is 6.73. The summed E-state index contributed by atoms with van der Waals surface area (Å²) in [4.78, 5) is 4.38. The first-order valence-electron chi connectivity index (χ1n) is 9.64. The number of rotatable bonds is 7. The quantitative estimate of drug-likeness (QED) is 0.652. The first-order valence-corrected chi connectivity index (χ1v) is 10.9. The summed E-state index contributed by atoms with van der Waals surface area (Å²) in [6.07, 6.45) is 8.87. The van der Waals surface area contributed by atoms with Crippen molar-refractivity contribution in [3.05, 3.63) is 50.4 Å². The lowest BCUT2D eigenvalue weighted by Crippen LogP contribution is -2.58. The summed E-state index contributed by atoms with van der Waals surface area (Å²) >= 11 is 8.53. The molecule has 1 aliphatic carbocycles. The average Bonchev–Trinajstić information content (AvgIpc) is 3.15. The number of likely N-dealkylation sites (N-methyl/N-ethyl adjacent to an activating group) is 1. The molecule has 142 valence electrons. The van der Waals surface area contributed by atoms with Crippen molar-refractivity contribution < 1.29 is 0 Å². The highest BCUT2D eigenvalue weighted by molar-refractivity contribution is 7.09. The van der Waals surface area contributed by atoms with Gasteiger partial charge in [-0.2, -0.15) is 0 Å². The first-order chi connectivity index (χ1) is 12.6. The van der Waals surface area contributed by atoms with Crippen LogP contribution in [0.15, 0.2) is 23.7 Å². The number of aryl methyl sites for hydroxylation is 3. The molecule has 3 nitrogen and oxygen atoms in total. The van der Waals surface area contributed by atoms with E-state index in [1.807, 2.05) is 6.20 Å². The number of benzene rings is 1. The van der Waals surface area contributed by atoms with Gasteiger partial charge in [0.05, 0.1) is 10.5 Å². The van der Waals surface area contributed by atoms with Gasteiger partial charge in [0.2, 0.25) is 0 Å². The Morgan fingerprint density at radius 2 is 2.15 bits per heavy atom. The van der Waals surface area contributed by atoms with E-state index in [1.54, 1.807) is 11.3 Å². The molecular formula is C21H30ClN3S. The minimum Gasteiger partial charge on any atom is -0.312 e. The summed E-state index contributed by atoms with van der Waals surface area (Å²) in [5, 5.41) is 11.7. The second kappa shape index (κ2) is 8.83. The van der Waals surface area contributed by atoms with Gasteiger partial charge < -0.3 is 10.6 Å². The zero-order valence-corrected chi connectivity index (χ0v) is 17.6. The third-order valence-electron chi connectivity index (χ3n) is 5.68. The van der Waals surface area contributed by atoms with Gasteiger partial charge in [-0.15, -0.1) is 11.3 Å². The van der Waals surface area contributed by atoms with Crippen LogP contribution in [0.4, 0.5) is 0 Å². The standard InChI is InChI=1S/C21H30ClN3S/c1-15-13-16(2)20(22)17(14-15)21(23-3)9-5-4-7-18(21)24-10-6-8-19-25-11-12-26-19/h11-14,18,23-24H,4-10H2,1-3H3. The second-order valence-corrected chi connectivity index (χ2v) is 8.80. The van der Waals surface area contributed by atoms with Crippen molar-refractivity contribution in [1.29, 1.82) is 0 Å². The van der Waals surface area contributed by atoms with Crippen LogP contribution in [0.5, 0.6) is 0 Å². The highest BCUT2D eigenvalue weighted by Crippen LogP contribution is 2.41. The molecule has 1 heterocycles. The minimum atomic E-state index is -0.0900. The summed E-state index contributed by atoms with van der Waals surface area (Å²) < 4.78 is 0. The van der Waals surface area contributed by atoms with Crippen LogP contribution in [0.2, 0.25) is 5.02 Å². The van der Waals surface area contributed by atoms with E-state index >= 15 is 0 Å². The summed E-state index contributed by atoms with van der Waals surface area (Å²) in [6, 6.07) is 4.85. The predicted molar refractivity (Wildman–Crippen MR) is 112 cm³/mol. The molecule has 0 saturated heterocycles. The fraction of sp³-hybridized carbons (Fsp3) is 0.571. The molecule has 0 bridgehead atoms. The Hall–Kier alpha value is -0.940. The molecule has 1 aliphatic rings. The zero-order chi connectivity index (χ0) is 18.6. The van der Waals surface area contributed by atoms with Gasteiger partial charge in [-0.05, 0) is 57.8 Å². The average molecular weight is 392 g/mol. The van der Waals surface area contributed by atoms with Crippen LogP contribution in [0.1, 0.15) is 53.8 Å². The molecule has 5 heteroatoms. The maximum Gasteiger partial charge on any atom is 0.0925 e. The third-order valence-corrected chi connectivity index (χ3v) is 7.02. The Balaban J connectivity index is 1.76. The van der Waals surface area contributed by atoms with Crippen LogP contribution >= 0.6 is 22.9 Å². The molecule has 0 spiro atoms. The largest absolute Gasteiger partial charge is 0.312 e. The second-order valence-electron chi connectivity index (χ2n) is 7.45. The van der Waals surface area contributed by atoms with Gasteiger partial charge in [-0.1, -0.05) is 42.1 Å². The normalized spacial score (nSPS) is 23.3. The van der Waals surface area contributed by atoms with Crippen LogP contribution in [0.3, 0.4) is 0 Å². The molecule has 0 amide bonds. The number of hydrogen-bond acceptors (Lipinski definition) is 4. The Labute approximate surface area is 166 Å². The molecule has 2 unspecified atom stereocenters. The highest BCUT2D eigenvalue weighted by Gasteiger charge is 2.42.